The molecule has 1 aliphatic rings. The summed E-state index contributed by atoms with van der Waals surface area (Å²) in [5.41, 5.74) is -0.199. The number of amides is 2. The number of nitrogens with zero attached hydrogens (tertiary/aromatic N) is 3. The summed E-state index contributed by atoms with van der Waals surface area (Å²) in [4.78, 5) is 39.0. The molecule has 1 N–H and O–H groups in total. The monoisotopic (exact) mass is 614 g/mol. The molecule has 40 heavy (non-hydrogen) atoms. The van der Waals surface area contributed by atoms with E-state index in [9.17, 15) is 28.1 Å². The summed E-state index contributed by atoms with van der Waals surface area (Å²) in [7, 11) is -2.87. The first-order valence-electron chi connectivity index (χ1n) is 12.7. The van der Waals surface area contributed by atoms with Crippen molar-refractivity contribution in [1.82, 2.24) is 10.2 Å². The zero-order valence-electron chi connectivity index (χ0n) is 22.4. The van der Waals surface area contributed by atoms with Crippen LogP contribution in [0.5, 0.6) is 5.75 Å². The SMILES string of the molecule is COc1ccc([N+](=O)[O-])cc1N(CC(=O)N(Cc1c(Cl)cccc1Cl)C(C)C(=O)NC1CCCCC1)S(C)(=O)=O. The number of nitro groups is 1. The minimum Gasteiger partial charge on any atom is -0.495 e. The number of halogens is 2. The number of anilines is 1. The molecule has 1 unspecified atom stereocenters. The van der Waals surface area contributed by atoms with Gasteiger partial charge >= 0.3 is 0 Å². The van der Waals surface area contributed by atoms with Gasteiger partial charge in [-0.2, -0.15) is 0 Å². The Labute approximate surface area is 243 Å². The van der Waals surface area contributed by atoms with Crippen LogP contribution in [0.15, 0.2) is 36.4 Å². The third kappa shape index (κ3) is 7.76. The average molecular weight is 616 g/mol. The van der Waals surface area contributed by atoms with E-state index in [2.05, 4.69) is 5.32 Å². The first kappa shape index (κ1) is 31.4. The predicted octanol–water partition coefficient (Wildman–Crippen LogP) is 4.54. The summed E-state index contributed by atoms with van der Waals surface area (Å²) in [6, 6.07) is 7.21. The van der Waals surface area contributed by atoms with Gasteiger partial charge in [0.1, 0.15) is 24.0 Å². The molecule has 0 spiro atoms. The molecule has 2 aromatic carbocycles. The van der Waals surface area contributed by atoms with Crippen molar-refractivity contribution in [3.63, 3.8) is 0 Å². The van der Waals surface area contributed by atoms with Gasteiger partial charge in [0, 0.05) is 40.3 Å². The molecule has 1 saturated carbocycles. The Balaban J connectivity index is 2.00. The lowest BCUT2D eigenvalue weighted by Crippen LogP contribution is -2.53. The number of nitrogens with one attached hydrogen (secondary N) is 1. The van der Waals surface area contributed by atoms with E-state index in [0.29, 0.717) is 9.87 Å². The van der Waals surface area contributed by atoms with Crippen LogP contribution in [0.1, 0.15) is 44.6 Å². The standard InChI is InChI=1S/C26H32Cl2N4O7S/c1-17(26(34)29-18-8-5-4-6-9-18)30(15-20-21(27)10-7-11-22(20)28)25(33)16-31(40(3,37)38)23-14-19(32(35)36)12-13-24(23)39-2/h7,10-14,17-18H,4-6,8-9,15-16H2,1-3H3,(H,29,34). The lowest BCUT2D eigenvalue weighted by molar-refractivity contribution is -0.384. The Morgan fingerprint density at radius 2 is 1.77 bits per heavy atom. The molecule has 14 heteroatoms. The van der Waals surface area contributed by atoms with Gasteiger partial charge in [-0.1, -0.05) is 48.5 Å². The van der Waals surface area contributed by atoms with Crippen molar-refractivity contribution < 1.29 is 27.7 Å². The molecule has 0 aliphatic heterocycles. The van der Waals surface area contributed by atoms with Gasteiger partial charge in [-0.05, 0) is 38.0 Å². The quantitative estimate of drug-likeness (QED) is 0.289. The topological polar surface area (TPSA) is 139 Å². The van der Waals surface area contributed by atoms with Crippen LogP contribution < -0.4 is 14.4 Å². The van der Waals surface area contributed by atoms with E-state index < -0.39 is 45.0 Å². The molecule has 11 nitrogen and oxygen atoms in total. The van der Waals surface area contributed by atoms with E-state index in [1.165, 1.54) is 18.1 Å². The lowest BCUT2D eigenvalue weighted by Gasteiger charge is -2.33. The number of sulfonamides is 1. The van der Waals surface area contributed by atoms with Gasteiger partial charge in [-0.15, -0.1) is 0 Å². The molecule has 0 aromatic heterocycles. The first-order chi connectivity index (χ1) is 18.8. The highest BCUT2D eigenvalue weighted by Crippen LogP contribution is 2.34. The third-order valence-electron chi connectivity index (χ3n) is 6.83. The fourth-order valence-electron chi connectivity index (χ4n) is 4.59. The van der Waals surface area contributed by atoms with Crippen molar-refractivity contribution >= 4 is 56.4 Å². The Kier molecular flexibility index (Phi) is 10.6. The Hall–Kier alpha value is -3.09. The fraction of sp³-hybridized carbons (Fsp3) is 0.462. The van der Waals surface area contributed by atoms with Gasteiger partial charge in [0.05, 0.1) is 18.3 Å². The predicted molar refractivity (Wildman–Crippen MR) is 153 cm³/mol. The molecule has 1 fully saturated rings. The number of methoxy groups -OCH3 is 1. The molecule has 0 heterocycles. The summed E-state index contributed by atoms with van der Waals surface area (Å²) < 4.78 is 31.7. The molecule has 0 bridgehead atoms. The number of carbonyl (C=O) groups excluding carboxylic acids is 2. The van der Waals surface area contributed by atoms with E-state index in [4.69, 9.17) is 27.9 Å². The number of ether oxygens (including phenoxy) is 1. The molecular formula is C26H32Cl2N4O7S. The Bertz CT molecular complexity index is 1350. The molecular weight excluding hydrogens is 583 g/mol. The number of hydrogen-bond acceptors (Lipinski definition) is 7. The maximum atomic E-state index is 13.8. The highest BCUT2D eigenvalue weighted by molar-refractivity contribution is 7.92. The van der Waals surface area contributed by atoms with E-state index in [-0.39, 0.29) is 34.1 Å². The van der Waals surface area contributed by atoms with Gasteiger partial charge in [0.2, 0.25) is 21.8 Å². The van der Waals surface area contributed by atoms with Crippen molar-refractivity contribution in [3.8, 4) is 5.75 Å². The molecule has 1 aliphatic carbocycles. The van der Waals surface area contributed by atoms with Crippen LogP contribution in [0, 0.1) is 10.1 Å². The summed E-state index contributed by atoms with van der Waals surface area (Å²) in [6.07, 6.45) is 5.61. The second-order valence-electron chi connectivity index (χ2n) is 9.62. The van der Waals surface area contributed by atoms with Gasteiger partial charge < -0.3 is 15.0 Å². The highest BCUT2D eigenvalue weighted by atomic mass is 35.5. The van der Waals surface area contributed by atoms with Gasteiger partial charge in [-0.25, -0.2) is 8.42 Å². The molecule has 2 aromatic rings. The van der Waals surface area contributed by atoms with Crippen LogP contribution in [-0.4, -0.2) is 62.0 Å². The Morgan fingerprint density at radius 3 is 2.33 bits per heavy atom. The molecule has 0 saturated heterocycles. The fourth-order valence-corrected chi connectivity index (χ4v) is 5.95. The number of non-ortho nitro benzene ring substituents is 1. The second kappa shape index (κ2) is 13.5. The number of carbonyl (C=O) groups is 2. The molecule has 1 atom stereocenters. The van der Waals surface area contributed by atoms with Crippen LogP contribution in [0.3, 0.4) is 0 Å². The molecule has 218 valence electrons. The number of benzene rings is 2. The van der Waals surface area contributed by atoms with E-state index >= 15 is 0 Å². The smallest absolute Gasteiger partial charge is 0.271 e. The maximum Gasteiger partial charge on any atom is 0.271 e. The van der Waals surface area contributed by atoms with Crippen LogP contribution in [0.25, 0.3) is 0 Å². The molecule has 3 rings (SSSR count). The maximum absolute atomic E-state index is 13.8. The van der Waals surface area contributed by atoms with Crippen LogP contribution in [0.4, 0.5) is 11.4 Å². The van der Waals surface area contributed by atoms with Crippen molar-refractivity contribution in [2.24, 2.45) is 0 Å². The van der Waals surface area contributed by atoms with Crippen LogP contribution >= 0.6 is 23.2 Å². The highest BCUT2D eigenvalue weighted by Gasteiger charge is 2.33. The van der Waals surface area contributed by atoms with Crippen molar-refractivity contribution in [2.75, 3.05) is 24.2 Å². The zero-order valence-corrected chi connectivity index (χ0v) is 24.8. The van der Waals surface area contributed by atoms with Gasteiger partial charge in [-0.3, -0.25) is 24.0 Å². The summed E-state index contributed by atoms with van der Waals surface area (Å²) in [5.74, 6) is -1.14. The minimum atomic E-state index is -4.15. The second-order valence-corrected chi connectivity index (χ2v) is 12.3. The van der Waals surface area contributed by atoms with Gasteiger partial charge in [0.15, 0.2) is 0 Å². The van der Waals surface area contributed by atoms with E-state index in [1.807, 2.05) is 0 Å². The van der Waals surface area contributed by atoms with Crippen molar-refractivity contribution in [3.05, 3.63) is 62.1 Å². The lowest BCUT2D eigenvalue weighted by atomic mass is 9.95. The normalized spacial score (nSPS) is 14.7. The van der Waals surface area contributed by atoms with E-state index in [1.54, 1.807) is 25.1 Å². The van der Waals surface area contributed by atoms with Crippen LogP contribution in [0.2, 0.25) is 10.0 Å². The van der Waals surface area contributed by atoms with E-state index in [0.717, 1.165) is 50.5 Å². The summed E-state index contributed by atoms with van der Waals surface area (Å²) in [5, 5.41) is 14.9. The zero-order chi connectivity index (χ0) is 29.6. The van der Waals surface area contributed by atoms with Crippen molar-refractivity contribution in [2.45, 2.75) is 57.7 Å². The number of rotatable bonds is 11. The minimum absolute atomic E-state index is 0.00705. The van der Waals surface area contributed by atoms with Crippen LogP contribution in [-0.2, 0) is 26.2 Å². The number of nitro benzene ring substituents is 1. The number of hydrogen-bond donors (Lipinski definition) is 1. The molecule has 2 amide bonds. The third-order valence-corrected chi connectivity index (χ3v) is 8.66. The average Bonchev–Trinajstić information content (AvgIpc) is 2.90. The Morgan fingerprint density at radius 1 is 1.15 bits per heavy atom. The first-order valence-corrected chi connectivity index (χ1v) is 15.3. The summed E-state index contributed by atoms with van der Waals surface area (Å²) in [6.45, 7) is 0.597. The van der Waals surface area contributed by atoms with Gasteiger partial charge in [0.25, 0.3) is 5.69 Å². The van der Waals surface area contributed by atoms with Crippen molar-refractivity contribution in [1.29, 1.82) is 0 Å². The largest absolute Gasteiger partial charge is 0.495 e. The molecule has 0 radical (unpaired) electrons. The summed E-state index contributed by atoms with van der Waals surface area (Å²) >= 11 is 12.7.